The topological polar surface area (TPSA) is 69.8 Å². The number of rotatable bonds is 3. The summed E-state index contributed by atoms with van der Waals surface area (Å²) in [7, 11) is 0. The summed E-state index contributed by atoms with van der Waals surface area (Å²) in [6, 6.07) is 20.1. The highest BCUT2D eigenvalue weighted by atomic mass is 35.5. The van der Waals surface area contributed by atoms with Crippen LogP contribution in [0.4, 0.5) is 9.18 Å². The average Bonchev–Trinajstić information content (AvgIpc) is 3.18. The Balaban J connectivity index is 1.76. The minimum atomic E-state index is -0.523. The number of hydrogen-bond donors (Lipinski definition) is 3. The van der Waals surface area contributed by atoms with Gasteiger partial charge in [-0.2, -0.15) is 0 Å². The molecule has 148 valence electrons. The van der Waals surface area contributed by atoms with E-state index in [4.69, 9.17) is 16.6 Å². The highest BCUT2D eigenvalue weighted by molar-refractivity contribution is 6.30. The van der Waals surface area contributed by atoms with E-state index in [1.807, 2.05) is 36.4 Å². The maximum absolute atomic E-state index is 13.5. The van der Waals surface area contributed by atoms with Crippen molar-refractivity contribution in [2.45, 2.75) is 6.04 Å². The van der Waals surface area contributed by atoms with Crippen LogP contribution in [0.25, 0.3) is 22.3 Å². The molecule has 1 aromatic heterocycles. The monoisotopic (exact) mass is 418 g/mol. The van der Waals surface area contributed by atoms with E-state index in [1.54, 1.807) is 24.3 Å². The van der Waals surface area contributed by atoms with Gasteiger partial charge in [0.1, 0.15) is 11.6 Å². The Bertz CT molecular complexity index is 1250. The number of nitrogens with zero attached hydrogens (tertiary/aromatic N) is 1. The Morgan fingerprint density at radius 3 is 2.40 bits per heavy atom. The van der Waals surface area contributed by atoms with E-state index in [-0.39, 0.29) is 11.8 Å². The van der Waals surface area contributed by atoms with Crippen molar-refractivity contribution in [2.75, 3.05) is 0 Å². The van der Waals surface area contributed by atoms with Crippen LogP contribution in [0.3, 0.4) is 0 Å². The lowest BCUT2D eigenvalue weighted by atomic mass is 9.92. The van der Waals surface area contributed by atoms with Gasteiger partial charge in [-0.25, -0.2) is 14.2 Å². The number of urea groups is 1. The summed E-state index contributed by atoms with van der Waals surface area (Å²) in [5, 5.41) is 6.45. The van der Waals surface area contributed by atoms with Crippen molar-refractivity contribution in [3.63, 3.8) is 0 Å². The number of H-pyrrole nitrogens is 1. The third kappa shape index (κ3) is 3.31. The maximum atomic E-state index is 13.5. The van der Waals surface area contributed by atoms with Crippen molar-refractivity contribution >= 4 is 39.9 Å². The lowest BCUT2D eigenvalue weighted by molar-refractivity contribution is 0.242. The van der Waals surface area contributed by atoms with Crippen molar-refractivity contribution in [1.82, 2.24) is 20.6 Å². The number of aromatic nitrogens is 2. The highest BCUT2D eigenvalue weighted by Gasteiger charge is 2.32. The van der Waals surface area contributed by atoms with Gasteiger partial charge in [-0.05, 0) is 47.5 Å². The number of imidazole rings is 1. The van der Waals surface area contributed by atoms with Crippen LogP contribution >= 0.6 is 11.6 Å². The van der Waals surface area contributed by atoms with E-state index in [9.17, 15) is 9.18 Å². The molecule has 3 N–H and O–H groups in total. The summed E-state index contributed by atoms with van der Waals surface area (Å²) in [6.07, 6.45) is 0. The summed E-state index contributed by atoms with van der Waals surface area (Å²) in [5.74, 6) is 0.272. The van der Waals surface area contributed by atoms with E-state index in [0.29, 0.717) is 16.5 Å². The number of hydrogen-bond acceptors (Lipinski definition) is 2. The third-order valence-electron chi connectivity index (χ3n) is 5.05. The molecule has 0 saturated carbocycles. The van der Waals surface area contributed by atoms with Crippen molar-refractivity contribution < 1.29 is 9.18 Å². The first-order chi connectivity index (χ1) is 14.6. The van der Waals surface area contributed by atoms with Gasteiger partial charge in [0.2, 0.25) is 0 Å². The van der Waals surface area contributed by atoms with E-state index in [2.05, 4.69) is 15.6 Å². The smallest absolute Gasteiger partial charge is 0.320 e. The van der Waals surface area contributed by atoms with Gasteiger partial charge in [0.25, 0.3) is 0 Å². The molecule has 0 fully saturated rings. The van der Waals surface area contributed by atoms with Crippen molar-refractivity contribution in [3.8, 4) is 0 Å². The third-order valence-corrected chi connectivity index (χ3v) is 5.30. The van der Waals surface area contributed by atoms with E-state index in [1.165, 1.54) is 12.1 Å². The Morgan fingerprint density at radius 2 is 1.67 bits per heavy atom. The molecule has 7 heteroatoms. The first-order valence-electron chi connectivity index (χ1n) is 9.37. The molecule has 1 atom stereocenters. The maximum Gasteiger partial charge on any atom is 0.320 e. The standard InChI is InChI=1S/C23H16ClFN4O/c24-15-9-5-13(6-10-15)20-19(22-26-17-3-1-2-4-18(17)27-22)21(29-23(30)28-20)14-7-11-16(25)12-8-14/h1-12,21H,(H,26,27)(H2,28,29,30)/t21-/m0/s1. The number of carbonyl (C=O) groups is 1. The van der Waals surface area contributed by atoms with Crippen LogP contribution in [0, 0.1) is 5.82 Å². The molecule has 1 aliphatic rings. The number of halogens is 2. The second kappa shape index (κ2) is 7.31. The molecule has 3 aromatic carbocycles. The molecule has 0 radical (unpaired) electrons. The Labute approximate surface area is 176 Å². The second-order valence-corrected chi connectivity index (χ2v) is 7.42. The predicted octanol–water partition coefficient (Wildman–Crippen LogP) is 5.28. The Kier molecular flexibility index (Phi) is 4.48. The molecule has 1 aliphatic heterocycles. The van der Waals surface area contributed by atoms with Crippen LogP contribution in [-0.4, -0.2) is 16.0 Å². The molecule has 5 nitrogen and oxygen atoms in total. The fourth-order valence-corrected chi connectivity index (χ4v) is 3.78. The van der Waals surface area contributed by atoms with E-state index < -0.39 is 6.04 Å². The molecule has 0 spiro atoms. The highest BCUT2D eigenvalue weighted by Crippen LogP contribution is 2.37. The summed E-state index contributed by atoms with van der Waals surface area (Å²) < 4.78 is 13.5. The van der Waals surface area contributed by atoms with Crippen molar-refractivity contribution in [3.05, 3.63) is 101 Å². The van der Waals surface area contributed by atoms with Crippen LogP contribution in [0.1, 0.15) is 23.0 Å². The van der Waals surface area contributed by atoms with Crippen LogP contribution in [0.5, 0.6) is 0 Å². The van der Waals surface area contributed by atoms with Gasteiger partial charge in [0.15, 0.2) is 0 Å². The molecule has 0 bridgehead atoms. The molecular formula is C23H16ClFN4O. The number of carbonyl (C=O) groups excluding carboxylic acids is 1. The minimum absolute atomic E-state index is 0.341. The fourth-order valence-electron chi connectivity index (χ4n) is 3.65. The molecule has 0 unspecified atom stereocenters. The molecule has 5 rings (SSSR count). The zero-order valence-electron chi connectivity index (χ0n) is 15.6. The van der Waals surface area contributed by atoms with Crippen LogP contribution < -0.4 is 10.6 Å². The number of fused-ring (bicyclic) bond motifs is 1. The minimum Gasteiger partial charge on any atom is -0.338 e. The normalized spacial score (nSPS) is 16.5. The number of aromatic amines is 1. The molecule has 4 aromatic rings. The van der Waals surface area contributed by atoms with Gasteiger partial charge in [-0.3, -0.25) is 0 Å². The SMILES string of the molecule is O=C1NC(c2ccc(Cl)cc2)=C(c2nc3ccccc3[nH]2)[C@H](c2ccc(F)cc2)N1. The van der Waals surface area contributed by atoms with Crippen LogP contribution in [0.15, 0.2) is 72.8 Å². The molecule has 30 heavy (non-hydrogen) atoms. The average molecular weight is 419 g/mol. The molecule has 2 heterocycles. The second-order valence-electron chi connectivity index (χ2n) is 6.98. The number of nitrogens with one attached hydrogen (secondary N) is 3. The van der Waals surface area contributed by atoms with Crippen molar-refractivity contribution in [2.24, 2.45) is 0 Å². The fraction of sp³-hybridized carbons (Fsp3) is 0.0435. The Morgan fingerprint density at radius 1 is 0.933 bits per heavy atom. The summed E-state index contributed by atoms with van der Waals surface area (Å²) >= 11 is 6.06. The zero-order valence-corrected chi connectivity index (χ0v) is 16.4. The van der Waals surface area contributed by atoms with E-state index in [0.717, 1.165) is 27.7 Å². The zero-order chi connectivity index (χ0) is 20.7. The lowest BCUT2D eigenvalue weighted by Gasteiger charge is -2.30. The first kappa shape index (κ1) is 18.4. The summed E-state index contributed by atoms with van der Waals surface area (Å²) in [4.78, 5) is 20.6. The Hall–Kier alpha value is -3.64. The number of para-hydroxylation sites is 2. The quantitative estimate of drug-likeness (QED) is 0.423. The van der Waals surface area contributed by atoms with Crippen LogP contribution in [0.2, 0.25) is 5.02 Å². The van der Waals surface area contributed by atoms with Gasteiger partial charge in [0, 0.05) is 10.6 Å². The van der Waals surface area contributed by atoms with Gasteiger partial charge < -0.3 is 15.6 Å². The summed E-state index contributed by atoms with van der Waals surface area (Å²) in [5.41, 5.74) is 4.59. The first-order valence-corrected chi connectivity index (χ1v) is 9.74. The lowest BCUT2D eigenvalue weighted by Crippen LogP contribution is -2.43. The molecule has 2 amide bonds. The van der Waals surface area contributed by atoms with Crippen LogP contribution in [-0.2, 0) is 0 Å². The van der Waals surface area contributed by atoms with Gasteiger partial charge in [-0.1, -0.05) is 48.0 Å². The number of benzene rings is 3. The largest absolute Gasteiger partial charge is 0.338 e. The van der Waals surface area contributed by atoms with Gasteiger partial charge in [0.05, 0.1) is 22.8 Å². The predicted molar refractivity (Wildman–Crippen MR) is 115 cm³/mol. The number of amides is 2. The van der Waals surface area contributed by atoms with Crippen molar-refractivity contribution in [1.29, 1.82) is 0 Å². The summed E-state index contributed by atoms with van der Waals surface area (Å²) in [6.45, 7) is 0. The molecular weight excluding hydrogens is 403 g/mol. The van der Waals surface area contributed by atoms with Gasteiger partial charge >= 0.3 is 6.03 Å². The molecule has 0 saturated heterocycles. The van der Waals surface area contributed by atoms with E-state index >= 15 is 0 Å². The molecule has 0 aliphatic carbocycles. The van der Waals surface area contributed by atoms with Gasteiger partial charge in [-0.15, -0.1) is 0 Å².